The van der Waals surface area contributed by atoms with E-state index in [0.717, 1.165) is 13.1 Å². The monoisotopic (exact) mass is 162 g/mol. The van der Waals surface area contributed by atoms with E-state index in [1.165, 1.54) is 12.8 Å². The SMILES string of the molecule is CSNCCCC(C)CN. The quantitative estimate of drug-likeness (QED) is 0.456. The maximum atomic E-state index is 5.46. The normalized spacial score (nSPS) is 13.5. The smallest absolute Gasteiger partial charge is 0.00585 e. The van der Waals surface area contributed by atoms with Crippen LogP contribution in [0.15, 0.2) is 0 Å². The third kappa shape index (κ3) is 6.39. The van der Waals surface area contributed by atoms with Gasteiger partial charge in [0.1, 0.15) is 0 Å². The Kier molecular flexibility index (Phi) is 7.58. The molecule has 0 rings (SSSR count). The van der Waals surface area contributed by atoms with E-state index >= 15 is 0 Å². The van der Waals surface area contributed by atoms with Gasteiger partial charge in [0.15, 0.2) is 0 Å². The van der Waals surface area contributed by atoms with Crippen LogP contribution < -0.4 is 10.5 Å². The summed E-state index contributed by atoms with van der Waals surface area (Å²) in [5.41, 5.74) is 5.46. The van der Waals surface area contributed by atoms with Crippen LogP contribution in [0.3, 0.4) is 0 Å². The van der Waals surface area contributed by atoms with E-state index in [-0.39, 0.29) is 0 Å². The van der Waals surface area contributed by atoms with E-state index in [2.05, 4.69) is 11.6 Å². The van der Waals surface area contributed by atoms with Crippen LogP contribution in [0.5, 0.6) is 0 Å². The minimum absolute atomic E-state index is 0.684. The lowest BCUT2D eigenvalue weighted by Crippen LogP contribution is -2.13. The van der Waals surface area contributed by atoms with Crippen LogP contribution in [0.1, 0.15) is 19.8 Å². The number of rotatable bonds is 6. The molecule has 0 aliphatic heterocycles. The van der Waals surface area contributed by atoms with Crippen molar-refractivity contribution in [3.05, 3.63) is 0 Å². The predicted octanol–water partition coefficient (Wildman–Crippen LogP) is 1.23. The third-order valence-electron chi connectivity index (χ3n) is 1.52. The zero-order valence-corrected chi connectivity index (χ0v) is 7.71. The first-order valence-electron chi connectivity index (χ1n) is 3.77. The molecule has 0 radical (unpaired) electrons. The molecule has 0 saturated heterocycles. The van der Waals surface area contributed by atoms with Crippen molar-refractivity contribution >= 4 is 11.9 Å². The molecule has 0 spiro atoms. The second-order valence-electron chi connectivity index (χ2n) is 2.58. The van der Waals surface area contributed by atoms with Gasteiger partial charge in [-0.05, 0) is 31.6 Å². The molecule has 0 aromatic rings. The van der Waals surface area contributed by atoms with Crippen molar-refractivity contribution in [2.75, 3.05) is 19.3 Å². The molecule has 2 nitrogen and oxygen atoms in total. The average molecular weight is 162 g/mol. The zero-order chi connectivity index (χ0) is 7.82. The van der Waals surface area contributed by atoms with Crippen molar-refractivity contribution < 1.29 is 0 Å². The van der Waals surface area contributed by atoms with Crippen LogP contribution in [-0.2, 0) is 0 Å². The largest absolute Gasteiger partial charge is 0.330 e. The van der Waals surface area contributed by atoms with Crippen molar-refractivity contribution in [1.82, 2.24) is 4.72 Å². The maximum Gasteiger partial charge on any atom is 0.00585 e. The molecule has 62 valence electrons. The molecule has 1 unspecified atom stereocenters. The van der Waals surface area contributed by atoms with Crippen LogP contribution in [0.4, 0.5) is 0 Å². The summed E-state index contributed by atoms with van der Waals surface area (Å²) in [7, 11) is 0. The Morgan fingerprint density at radius 3 is 2.80 bits per heavy atom. The van der Waals surface area contributed by atoms with E-state index < -0.39 is 0 Å². The highest BCUT2D eigenvalue weighted by Gasteiger charge is 1.96. The summed E-state index contributed by atoms with van der Waals surface area (Å²) >= 11 is 1.68. The number of nitrogens with two attached hydrogens (primary N) is 1. The highest BCUT2D eigenvalue weighted by Crippen LogP contribution is 2.02. The van der Waals surface area contributed by atoms with Crippen molar-refractivity contribution in [3.8, 4) is 0 Å². The third-order valence-corrected chi connectivity index (χ3v) is 2.02. The Labute approximate surface area is 68.1 Å². The van der Waals surface area contributed by atoms with Crippen molar-refractivity contribution in [2.45, 2.75) is 19.8 Å². The minimum atomic E-state index is 0.684. The highest BCUT2D eigenvalue weighted by atomic mass is 32.2. The van der Waals surface area contributed by atoms with Gasteiger partial charge in [-0.25, -0.2) is 0 Å². The van der Waals surface area contributed by atoms with Gasteiger partial charge in [-0.1, -0.05) is 18.9 Å². The van der Waals surface area contributed by atoms with Crippen molar-refractivity contribution in [2.24, 2.45) is 11.7 Å². The van der Waals surface area contributed by atoms with E-state index in [1.807, 2.05) is 6.26 Å². The molecule has 0 fully saturated rings. The van der Waals surface area contributed by atoms with Gasteiger partial charge < -0.3 is 5.73 Å². The number of hydrogen-bond acceptors (Lipinski definition) is 3. The maximum absolute atomic E-state index is 5.46. The molecule has 0 aromatic carbocycles. The Morgan fingerprint density at radius 2 is 2.30 bits per heavy atom. The molecular weight excluding hydrogens is 144 g/mol. The summed E-state index contributed by atoms with van der Waals surface area (Å²) in [6.07, 6.45) is 4.52. The molecule has 0 aliphatic rings. The summed E-state index contributed by atoms with van der Waals surface area (Å²) in [5, 5.41) is 0. The van der Waals surface area contributed by atoms with E-state index in [0.29, 0.717) is 5.92 Å². The molecule has 3 heteroatoms. The first kappa shape index (κ1) is 10.3. The molecule has 0 amide bonds. The Morgan fingerprint density at radius 1 is 1.60 bits per heavy atom. The Hall–Kier alpha value is 0.270. The molecule has 1 atom stereocenters. The lowest BCUT2D eigenvalue weighted by atomic mass is 10.1. The second kappa shape index (κ2) is 7.38. The van der Waals surface area contributed by atoms with Gasteiger partial charge in [0.05, 0.1) is 0 Å². The lowest BCUT2D eigenvalue weighted by Gasteiger charge is -2.06. The first-order valence-corrected chi connectivity index (χ1v) is 4.99. The lowest BCUT2D eigenvalue weighted by molar-refractivity contribution is 0.521. The molecule has 0 heterocycles. The second-order valence-corrected chi connectivity index (χ2v) is 3.28. The van der Waals surface area contributed by atoms with Gasteiger partial charge in [0.25, 0.3) is 0 Å². The van der Waals surface area contributed by atoms with E-state index in [4.69, 9.17) is 5.73 Å². The van der Waals surface area contributed by atoms with Crippen molar-refractivity contribution in [3.63, 3.8) is 0 Å². The number of nitrogens with one attached hydrogen (secondary N) is 1. The fourth-order valence-corrected chi connectivity index (χ4v) is 1.09. The summed E-state index contributed by atoms with van der Waals surface area (Å²) in [6.45, 7) is 4.11. The van der Waals surface area contributed by atoms with Gasteiger partial charge >= 0.3 is 0 Å². The van der Waals surface area contributed by atoms with E-state index in [1.54, 1.807) is 11.9 Å². The van der Waals surface area contributed by atoms with Crippen molar-refractivity contribution in [1.29, 1.82) is 0 Å². The topological polar surface area (TPSA) is 38.0 Å². The summed E-state index contributed by atoms with van der Waals surface area (Å²) in [6, 6.07) is 0. The van der Waals surface area contributed by atoms with Crippen LogP contribution >= 0.6 is 11.9 Å². The molecule has 10 heavy (non-hydrogen) atoms. The minimum Gasteiger partial charge on any atom is -0.330 e. The van der Waals surface area contributed by atoms with E-state index in [9.17, 15) is 0 Å². The first-order chi connectivity index (χ1) is 4.81. The van der Waals surface area contributed by atoms with Gasteiger partial charge in [-0.3, -0.25) is 4.72 Å². The predicted molar refractivity (Wildman–Crippen MR) is 49.0 cm³/mol. The Balaban J connectivity index is 2.89. The average Bonchev–Trinajstić information content (AvgIpc) is 1.98. The van der Waals surface area contributed by atoms with Crippen LogP contribution in [0, 0.1) is 5.92 Å². The van der Waals surface area contributed by atoms with Gasteiger partial charge in [-0.2, -0.15) is 0 Å². The zero-order valence-electron chi connectivity index (χ0n) is 6.89. The molecule has 0 saturated carbocycles. The summed E-state index contributed by atoms with van der Waals surface area (Å²) in [5.74, 6) is 0.684. The molecule has 3 N–H and O–H groups in total. The molecule has 0 bridgehead atoms. The Bertz CT molecular complexity index is 68.6. The van der Waals surface area contributed by atoms with Gasteiger partial charge in [0.2, 0.25) is 0 Å². The van der Waals surface area contributed by atoms with Crippen LogP contribution in [0.25, 0.3) is 0 Å². The summed E-state index contributed by atoms with van der Waals surface area (Å²) in [4.78, 5) is 0. The molecule has 0 aromatic heterocycles. The molecule has 0 aliphatic carbocycles. The highest BCUT2D eigenvalue weighted by molar-refractivity contribution is 7.96. The standard InChI is InChI=1S/C7H18N2S/c1-7(6-8)4-3-5-9-10-2/h7,9H,3-6,8H2,1-2H3. The fraction of sp³-hybridized carbons (Fsp3) is 1.00. The van der Waals surface area contributed by atoms with Gasteiger partial charge in [0, 0.05) is 6.54 Å². The fourth-order valence-electron chi connectivity index (χ4n) is 0.743. The molecular formula is C7H18N2S. The van der Waals surface area contributed by atoms with Gasteiger partial charge in [-0.15, -0.1) is 0 Å². The van der Waals surface area contributed by atoms with Crippen LogP contribution in [-0.4, -0.2) is 19.3 Å². The number of hydrogen-bond donors (Lipinski definition) is 2. The summed E-state index contributed by atoms with van der Waals surface area (Å²) < 4.78 is 3.20. The van der Waals surface area contributed by atoms with Crippen LogP contribution in [0.2, 0.25) is 0 Å².